The van der Waals surface area contributed by atoms with Crippen LogP contribution < -0.4 is 5.32 Å². The Labute approximate surface area is 118 Å². The average Bonchev–Trinajstić information content (AvgIpc) is 3.02. The van der Waals surface area contributed by atoms with E-state index in [1.54, 1.807) is 0 Å². The van der Waals surface area contributed by atoms with Crippen molar-refractivity contribution in [2.75, 3.05) is 32.7 Å². The van der Waals surface area contributed by atoms with Crippen LogP contribution in [0.2, 0.25) is 0 Å². The third-order valence-electron chi connectivity index (χ3n) is 5.44. The predicted octanol–water partition coefficient (Wildman–Crippen LogP) is 2.08. The molecule has 19 heavy (non-hydrogen) atoms. The van der Waals surface area contributed by atoms with Crippen molar-refractivity contribution in [3.05, 3.63) is 0 Å². The Bertz CT molecular complexity index is 281. The topological polar surface area (TPSA) is 18.5 Å². The van der Waals surface area contributed by atoms with Crippen LogP contribution in [0.25, 0.3) is 0 Å². The smallest absolute Gasteiger partial charge is 0.0223 e. The molecule has 1 aliphatic carbocycles. The lowest BCUT2D eigenvalue weighted by Gasteiger charge is -2.30. The van der Waals surface area contributed by atoms with Crippen molar-refractivity contribution in [3.63, 3.8) is 0 Å². The summed E-state index contributed by atoms with van der Waals surface area (Å²) < 4.78 is 0. The molecule has 0 spiro atoms. The summed E-state index contributed by atoms with van der Waals surface area (Å²) in [7, 11) is 0. The Morgan fingerprint density at radius 3 is 2.68 bits per heavy atom. The molecule has 1 N–H and O–H groups in total. The summed E-state index contributed by atoms with van der Waals surface area (Å²) in [6.07, 6.45) is 9.75. The van der Waals surface area contributed by atoms with Gasteiger partial charge >= 0.3 is 0 Å². The molecule has 0 aromatic carbocycles. The number of nitrogens with zero attached hydrogens (tertiary/aromatic N) is 2. The first-order valence-electron chi connectivity index (χ1n) is 8.58. The minimum absolute atomic E-state index is 0.799. The normalized spacial score (nSPS) is 37.4. The van der Waals surface area contributed by atoms with E-state index in [-0.39, 0.29) is 0 Å². The second kappa shape index (κ2) is 6.55. The second-order valence-electron chi connectivity index (χ2n) is 6.80. The van der Waals surface area contributed by atoms with Crippen LogP contribution >= 0.6 is 0 Å². The number of fused-ring (bicyclic) bond motifs is 1. The van der Waals surface area contributed by atoms with E-state index in [1.807, 2.05) is 0 Å². The molecule has 1 saturated carbocycles. The highest BCUT2D eigenvalue weighted by Crippen LogP contribution is 2.28. The van der Waals surface area contributed by atoms with E-state index in [2.05, 4.69) is 22.0 Å². The Kier molecular flexibility index (Phi) is 4.78. The highest BCUT2D eigenvalue weighted by molar-refractivity contribution is 4.92. The summed E-state index contributed by atoms with van der Waals surface area (Å²) in [5, 5.41) is 3.73. The van der Waals surface area contributed by atoms with Gasteiger partial charge in [-0.1, -0.05) is 6.92 Å². The van der Waals surface area contributed by atoms with E-state index in [0.717, 1.165) is 18.1 Å². The molecule has 3 nitrogen and oxygen atoms in total. The van der Waals surface area contributed by atoms with E-state index in [1.165, 1.54) is 77.7 Å². The SMILES string of the molecule is CCCNC1CCC(N2CCCN3CCCC3C2)C1. The first-order valence-corrected chi connectivity index (χ1v) is 8.58. The molecular formula is C16H31N3. The van der Waals surface area contributed by atoms with Crippen molar-refractivity contribution in [1.29, 1.82) is 0 Å². The minimum Gasteiger partial charge on any atom is -0.314 e. The van der Waals surface area contributed by atoms with Crippen molar-refractivity contribution in [3.8, 4) is 0 Å². The summed E-state index contributed by atoms with van der Waals surface area (Å²) in [4.78, 5) is 5.59. The molecule has 2 saturated heterocycles. The molecule has 2 heterocycles. The summed E-state index contributed by atoms with van der Waals surface area (Å²) in [5.74, 6) is 0. The van der Waals surface area contributed by atoms with Crippen LogP contribution in [0.5, 0.6) is 0 Å². The van der Waals surface area contributed by atoms with Crippen LogP contribution in [0.15, 0.2) is 0 Å². The van der Waals surface area contributed by atoms with E-state index in [4.69, 9.17) is 0 Å². The summed E-state index contributed by atoms with van der Waals surface area (Å²) in [6.45, 7) is 8.88. The quantitative estimate of drug-likeness (QED) is 0.839. The van der Waals surface area contributed by atoms with Crippen LogP contribution in [0, 0.1) is 0 Å². The molecule has 3 aliphatic rings. The van der Waals surface area contributed by atoms with E-state index in [9.17, 15) is 0 Å². The Morgan fingerprint density at radius 1 is 0.947 bits per heavy atom. The predicted molar refractivity (Wildman–Crippen MR) is 80.5 cm³/mol. The minimum atomic E-state index is 0.799. The van der Waals surface area contributed by atoms with Gasteiger partial charge in [-0.25, -0.2) is 0 Å². The Balaban J connectivity index is 1.51. The molecule has 3 rings (SSSR count). The highest BCUT2D eigenvalue weighted by Gasteiger charge is 2.34. The lowest BCUT2D eigenvalue weighted by molar-refractivity contribution is 0.172. The largest absolute Gasteiger partial charge is 0.314 e. The van der Waals surface area contributed by atoms with Gasteiger partial charge in [0, 0.05) is 24.7 Å². The molecule has 3 unspecified atom stereocenters. The fraction of sp³-hybridized carbons (Fsp3) is 1.00. The number of nitrogens with one attached hydrogen (secondary N) is 1. The van der Waals surface area contributed by atoms with E-state index in [0.29, 0.717) is 0 Å². The molecule has 0 amide bonds. The summed E-state index contributed by atoms with van der Waals surface area (Å²) >= 11 is 0. The molecule has 3 fully saturated rings. The van der Waals surface area contributed by atoms with Crippen LogP contribution in [-0.4, -0.2) is 60.6 Å². The summed E-state index contributed by atoms with van der Waals surface area (Å²) in [5.41, 5.74) is 0. The number of hydrogen-bond acceptors (Lipinski definition) is 3. The molecular weight excluding hydrogens is 234 g/mol. The van der Waals surface area contributed by atoms with Gasteiger partial charge in [0.1, 0.15) is 0 Å². The molecule has 110 valence electrons. The van der Waals surface area contributed by atoms with Crippen molar-refractivity contribution >= 4 is 0 Å². The zero-order chi connectivity index (χ0) is 13.1. The van der Waals surface area contributed by atoms with E-state index < -0.39 is 0 Å². The first-order chi connectivity index (χ1) is 9.36. The fourth-order valence-corrected chi connectivity index (χ4v) is 4.39. The van der Waals surface area contributed by atoms with Gasteiger partial charge in [-0.3, -0.25) is 9.80 Å². The second-order valence-corrected chi connectivity index (χ2v) is 6.80. The van der Waals surface area contributed by atoms with Crippen LogP contribution in [0.1, 0.15) is 51.9 Å². The Morgan fingerprint density at radius 2 is 1.79 bits per heavy atom. The lowest BCUT2D eigenvalue weighted by atomic mass is 10.1. The zero-order valence-electron chi connectivity index (χ0n) is 12.6. The van der Waals surface area contributed by atoms with Crippen molar-refractivity contribution in [1.82, 2.24) is 15.1 Å². The molecule has 0 bridgehead atoms. The maximum atomic E-state index is 3.73. The molecule has 2 aliphatic heterocycles. The monoisotopic (exact) mass is 265 g/mol. The van der Waals surface area contributed by atoms with Crippen molar-refractivity contribution in [2.45, 2.75) is 70.0 Å². The van der Waals surface area contributed by atoms with Crippen LogP contribution in [-0.2, 0) is 0 Å². The van der Waals surface area contributed by atoms with Gasteiger partial charge < -0.3 is 5.32 Å². The number of hydrogen-bond donors (Lipinski definition) is 1. The zero-order valence-corrected chi connectivity index (χ0v) is 12.6. The van der Waals surface area contributed by atoms with Gasteiger partial charge in [0.15, 0.2) is 0 Å². The summed E-state index contributed by atoms with van der Waals surface area (Å²) in [6, 6.07) is 2.55. The Hall–Kier alpha value is -0.120. The lowest BCUT2D eigenvalue weighted by Crippen LogP contribution is -2.41. The van der Waals surface area contributed by atoms with Crippen LogP contribution in [0.3, 0.4) is 0 Å². The van der Waals surface area contributed by atoms with Gasteiger partial charge in [0.25, 0.3) is 0 Å². The third-order valence-corrected chi connectivity index (χ3v) is 5.44. The van der Waals surface area contributed by atoms with Gasteiger partial charge in [0.2, 0.25) is 0 Å². The van der Waals surface area contributed by atoms with Gasteiger partial charge in [-0.05, 0) is 71.1 Å². The molecule has 0 aromatic heterocycles. The molecule has 0 radical (unpaired) electrons. The maximum Gasteiger partial charge on any atom is 0.0223 e. The maximum absolute atomic E-state index is 3.73. The highest BCUT2D eigenvalue weighted by atomic mass is 15.3. The van der Waals surface area contributed by atoms with Crippen molar-refractivity contribution < 1.29 is 0 Å². The standard InChI is InChI=1S/C16H31N3/c1-2-8-17-14-6-7-15(12-14)19-11-4-10-18-9-3-5-16(18)13-19/h14-17H,2-13H2,1H3. The van der Waals surface area contributed by atoms with Gasteiger partial charge in [-0.15, -0.1) is 0 Å². The number of rotatable bonds is 4. The van der Waals surface area contributed by atoms with E-state index >= 15 is 0 Å². The van der Waals surface area contributed by atoms with Crippen LogP contribution in [0.4, 0.5) is 0 Å². The van der Waals surface area contributed by atoms with Gasteiger partial charge in [-0.2, -0.15) is 0 Å². The molecule has 3 heteroatoms. The average molecular weight is 265 g/mol. The third kappa shape index (κ3) is 3.32. The van der Waals surface area contributed by atoms with Gasteiger partial charge in [0.05, 0.1) is 0 Å². The first kappa shape index (κ1) is 13.8. The molecule has 3 atom stereocenters. The van der Waals surface area contributed by atoms with Crippen molar-refractivity contribution in [2.24, 2.45) is 0 Å². The fourth-order valence-electron chi connectivity index (χ4n) is 4.39. The molecule has 0 aromatic rings.